The molecule has 0 spiro atoms. The number of carbonyl (C=O) groups is 1. The van der Waals surface area contributed by atoms with Gasteiger partial charge in [0.2, 0.25) is 0 Å². The summed E-state index contributed by atoms with van der Waals surface area (Å²) in [5, 5.41) is 0. The lowest BCUT2D eigenvalue weighted by molar-refractivity contribution is -0.147. The fraction of sp³-hybridized carbons (Fsp3) is 0.462. The van der Waals surface area contributed by atoms with E-state index in [1.165, 1.54) is 12.7 Å². The smallest absolute Gasteiger partial charge is 0.346 e. The van der Waals surface area contributed by atoms with Gasteiger partial charge in [0.05, 0.1) is 7.11 Å². The Bertz CT molecular complexity index is 371. The monoisotopic (exact) mass is 222 g/mol. The van der Waals surface area contributed by atoms with Gasteiger partial charge in [0, 0.05) is 0 Å². The molecule has 0 saturated carbocycles. The molecule has 0 fully saturated rings. The van der Waals surface area contributed by atoms with Crippen molar-refractivity contribution in [1.29, 1.82) is 0 Å². The topological polar surface area (TPSA) is 35.5 Å². The molecular formula is C13H18O3. The summed E-state index contributed by atoms with van der Waals surface area (Å²) in [7, 11) is 1.36. The largest absolute Gasteiger partial charge is 0.479 e. The molecule has 0 radical (unpaired) electrons. The van der Waals surface area contributed by atoms with Crippen molar-refractivity contribution in [3.63, 3.8) is 0 Å². The minimum Gasteiger partial charge on any atom is -0.479 e. The summed E-state index contributed by atoms with van der Waals surface area (Å²) in [6, 6.07) is 6.03. The van der Waals surface area contributed by atoms with Crippen LogP contribution in [0.25, 0.3) is 0 Å². The molecule has 0 bridgehead atoms. The highest BCUT2D eigenvalue weighted by Gasteiger charge is 2.15. The summed E-state index contributed by atoms with van der Waals surface area (Å²) >= 11 is 0. The van der Waals surface area contributed by atoms with Crippen LogP contribution in [0.3, 0.4) is 0 Å². The Morgan fingerprint density at radius 3 is 2.69 bits per heavy atom. The molecule has 16 heavy (non-hydrogen) atoms. The standard InChI is InChI=1S/C13H18O3/c1-5-11-7-6-9(2)12(8-11)16-10(3)13(14)15-4/h6-8,10H,5H2,1-4H3. The van der Waals surface area contributed by atoms with E-state index in [0.29, 0.717) is 0 Å². The summed E-state index contributed by atoms with van der Waals surface area (Å²) in [6.45, 7) is 5.72. The van der Waals surface area contributed by atoms with Gasteiger partial charge in [-0.1, -0.05) is 19.1 Å². The van der Waals surface area contributed by atoms with E-state index in [4.69, 9.17) is 4.74 Å². The fourth-order valence-electron chi connectivity index (χ4n) is 1.40. The Morgan fingerprint density at radius 1 is 1.44 bits per heavy atom. The molecule has 0 heterocycles. The highest BCUT2D eigenvalue weighted by molar-refractivity contribution is 5.74. The van der Waals surface area contributed by atoms with Crippen LogP contribution in [0.1, 0.15) is 25.0 Å². The molecule has 1 aromatic carbocycles. The van der Waals surface area contributed by atoms with Gasteiger partial charge in [-0.05, 0) is 37.5 Å². The van der Waals surface area contributed by atoms with Gasteiger partial charge in [0.1, 0.15) is 5.75 Å². The van der Waals surface area contributed by atoms with Gasteiger partial charge < -0.3 is 9.47 Å². The third-order valence-electron chi connectivity index (χ3n) is 2.50. The first-order valence-electron chi connectivity index (χ1n) is 5.42. The van der Waals surface area contributed by atoms with Crippen molar-refractivity contribution in [2.75, 3.05) is 7.11 Å². The van der Waals surface area contributed by atoms with Crippen molar-refractivity contribution in [1.82, 2.24) is 0 Å². The quantitative estimate of drug-likeness (QED) is 0.734. The maximum absolute atomic E-state index is 11.2. The van der Waals surface area contributed by atoms with E-state index >= 15 is 0 Å². The van der Waals surface area contributed by atoms with Crippen LogP contribution in [0.2, 0.25) is 0 Å². The average Bonchev–Trinajstić information content (AvgIpc) is 2.30. The predicted octanol–water partition coefficient (Wildman–Crippen LogP) is 2.50. The summed E-state index contributed by atoms with van der Waals surface area (Å²) in [5.41, 5.74) is 2.21. The van der Waals surface area contributed by atoms with Gasteiger partial charge in [-0.2, -0.15) is 0 Å². The van der Waals surface area contributed by atoms with Crippen molar-refractivity contribution < 1.29 is 14.3 Å². The second-order valence-electron chi connectivity index (χ2n) is 3.74. The number of rotatable bonds is 4. The molecule has 0 aliphatic heterocycles. The molecule has 3 nitrogen and oxygen atoms in total. The summed E-state index contributed by atoms with van der Waals surface area (Å²) < 4.78 is 10.2. The summed E-state index contributed by atoms with van der Waals surface area (Å²) in [6.07, 6.45) is 0.374. The van der Waals surface area contributed by atoms with E-state index in [0.717, 1.165) is 17.7 Å². The van der Waals surface area contributed by atoms with E-state index in [1.54, 1.807) is 6.92 Å². The molecule has 0 aliphatic rings. The normalized spacial score (nSPS) is 12.0. The highest BCUT2D eigenvalue weighted by Crippen LogP contribution is 2.21. The number of ether oxygens (including phenoxy) is 2. The van der Waals surface area contributed by atoms with E-state index in [9.17, 15) is 4.79 Å². The second-order valence-corrected chi connectivity index (χ2v) is 3.74. The lowest BCUT2D eigenvalue weighted by atomic mass is 10.1. The van der Waals surface area contributed by atoms with Gasteiger partial charge in [0.15, 0.2) is 6.10 Å². The average molecular weight is 222 g/mol. The first-order valence-corrected chi connectivity index (χ1v) is 5.42. The van der Waals surface area contributed by atoms with Crippen LogP contribution in [0.5, 0.6) is 5.75 Å². The Balaban J connectivity index is 2.83. The van der Waals surface area contributed by atoms with Crippen molar-refractivity contribution in [3.05, 3.63) is 29.3 Å². The number of hydrogen-bond acceptors (Lipinski definition) is 3. The molecule has 0 N–H and O–H groups in total. The number of hydrogen-bond donors (Lipinski definition) is 0. The Hall–Kier alpha value is -1.51. The summed E-state index contributed by atoms with van der Waals surface area (Å²) in [5.74, 6) is 0.388. The molecule has 0 saturated heterocycles. The van der Waals surface area contributed by atoms with E-state index < -0.39 is 6.10 Å². The second kappa shape index (κ2) is 5.54. The minimum atomic E-state index is -0.573. The first kappa shape index (κ1) is 12.6. The van der Waals surface area contributed by atoms with Gasteiger partial charge >= 0.3 is 5.97 Å². The van der Waals surface area contributed by atoms with Crippen LogP contribution in [0.4, 0.5) is 0 Å². The van der Waals surface area contributed by atoms with Crippen LogP contribution in [-0.2, 0) is 16.0 Å². The zero-order valence-corrected chi connectivity index (χ0v) is 10.2. The van der Waals surface area contributed by atoms with Crippen LogP contribution >= 0.6 is 0 Å². The van der Waals surface area contributed by atoms with Crippen molar-refractivity contribution >= 4 is 5.97 Å². The molecule has 3 heteroatoms. The van der Waals surface area contributed by atoms with Crippen LogP contribution < -0.4 is 4.74 Å². The number of aryl methyl sites for hydroxylation is 2. The van der Waals surface area contributed by atoms with Crippen molar-refractivity contribution in [3.8, 4) is 5.75 Å². The van der Waals surface area contributed by atoms with Gasteiger partial charge in [0.25, 0.3) is 0 Å². The first-order chi connectivity index (χ1) is 7.58. The maximum atomic E-state index is 11.2. The molecule has 88 valence electrons. The Labute approximate surface area is 96.4 Å². The number of methoxy groups -OCH3 is 1. The molecule has 0 aromatic heterocycles. The number of carbonyl (C=O) groups excluding carboxylic acids is 1. The Morgan fingerprint density at radius 2 is 2.12 bits per heavy atom. The van der Waals surface area contributed by atoms with Crippen LogP contribution in [-0.4, -0.2) is 19.2 Å². The third kappa shape index (κ3) is 2.99. The minimum absolute atomic E-state index is 0.360. The lowest BCUT2D eigenvalue weighted by Crippen LogP contribution is -2.25. The van der Waals surface area contributed by atoms with E-state index in [-0.39, 0.29) is 5.97 Å². The molecule has 1 aromatic rings. The third-order valence-corrected chi connectivity index (χ3v) is 2.50. The Kier molecular flexibility index (Phi) is 4.35. The predicted molar refractivity (Wildman–Crippen MR) is 62.7 cm³/mol. The number of esters is 1. The van der Waals surface area contributed by atoms with Crippen LogP contribution in [0.15, 0.2) is 18.2 Å². The van der Waals surface area contributed by atoms with Crippen molar-refractivity contribution in [2.45, 2.75) is 33.3 Å². The highest BCUT2D eigenvalue weighted by atomic mass is 16.6. The van der Waals surface area contributed by atoms with Gasteiger partial charge in [-0.25, -0.2) is 4.79 Å². The zero-order chi connectivity index (χ0) is 12.1. The van der Waals surface area contributed by atoms with Crippen LogP contribution in [0, 0.1) is 6.92 Å². The zero-order valence-electron chi connectivity index (χ0n) is 10.2. The van der Waals surface area contributed by atoms with Gasteiger partial charge in [-0.3, -0.25) is 0 Å². The van der Waals surface area contributed by atoms with E-state index in [1.807, 2.05) is 19.1 Å². The van der Waals surface area contributed by atoms with Gasteiger partial charge in [-0.15, -0.1) is 0 Å². The molecule has 0 amide bonds. The summed E-state index contributed by atoms with van der Waals surface area (Å²) in [4.78, 5) is 11.2. The van der Waals surface area contributed by atoms with Crippen molar-refractivity contribution in [2.24, 2.45) is 0 Å². The fourth-order valence-corrected chi connectivity index (χ4v) is 1.40. The SMILES string of the molecule is CCc1ccc(C)c(OC(C)C(=O)OC)c1. The molecule has 1 atom stereocenters. The number of benzene rings is 1. The molecule has 1 rings (SSSR count). The molecule has 1 unspecified atom stereocenters. The molecule has 0 aliphatic carbocycles. The van der Waals surface area contributed by atoms with E-state index in [2.05, 4.69) is 17.7 Å². The lowest BCUT2D eigenvalue weighted by Gasteiger charge is -2.15. The molecular weight excluding hydrogens is 204 g/mol. The maximum Gasteiger partial charge on any atom is 0.346 e.